The molecule has 2 aromatic heterocycles. The minimum Gasteiger partial charge on any atom is -0.455 e. The van der Waals surface area contributed by atoms with Crippen molar-refractivity contribution in [1.82, 2.24) is 0 Å². The topological polar surface area (TPSA) is 26.3 Å². The fraction of sp³-hybridized carbons (Fsp3) is 0.188. The van der Waals surface area contributed by atoms with Gasteiger partial charge in [0, 0.05) is 43.1 Å². The Hall–Kier alpha value is -7.16. The number of hydrogen-bond acceptors (Lipinski definition) is 2. The summed E-state index contributed by atoms with van der Waals surface area (Å²) in [7, 11) is 0. The largest absolute Gasteiger partial charge is 0.455 e. The van der Waals surface area contributed by atoms with E-state index in [1.807, 2.05) is 0 Å². The smallest absolute Gasteiger partial charge is 0.143 e. The summed E-state index contributed by atoms with van der Waals surface area (Å²) in [6.45, 7) is 22.6. The summed E-state index contributed by atoms with van der Waals surface area (Å²) >= 11 is 0. The van der Waals surface area contributed by atoms with Crippen LogP contribution in [-0.4, -0.2) is 0 Å². The first-order valence-electron chi connectivity index (χ1n) is 23.5. The highest BCUT2D eigenvalue weighted by Crippen LogP contribution is 2.52. The zero-order valence-electron chi connectivity index (χ0n) is 39.7. The van der Waals surface area contributed by atoms with Crippen molar-refractivity contribution in [3.8, 4) is 44.5 Å². The van der Waals surface area contributed by atoms with Crippen LogP contribution in [0.15, 0.2) is 154 Å². The molecule has 2 heteroatoms. The zero-order valence-corrected chi connectivity index (χ0v) is 39.7. The molecule has 0 aliphatic rings. The Morgan fingerprint density at radius 2 is 0.667 bits per heavy atom. The van der Waals surface area contributed by atoms with E-state index in [0.717, 1.165) is 65.8 Å². The highest BCUT2D eigenvalue weighted by atomic mass is 16.3. The van der Waals surface area contributed by atoms with Gasteiger partial charge in [0.15, 0.2) is 0 Å². The van der Waals surface area contributed by atoms with Gasteiger partial charge < -0.3 is 8.83 Å². The number of aryl methyl sites for hydroxylation is 4. The first-order valence-corrected chi connectivity index (χ1v) is 23.5. The molecule has 0 radical (unpaired) electrons. The van der Waals surface area contributed by atoms with Crippen molar-refractivity contribution in [3.63, 3.8) is 0 Å². The molecule has 0 atom stereocenters. The lowest BCUT2D eigenvalue weighted by Crippen LogP contribution is -2.10. The molecule has 0 unspecified atom stereocenters. The SMILES string of the molecule is Cc1cccc(C)c1-c1cc2c3oc4cc(-c5ccc(C(C)(C)C)cc5)ccc4c3cc3c(-c4c(C)cccc4C)cc4c5oc6cc(-c7ccc(C(C)(C)C)cc7)ccc6c5cc1c4c32. The van der Waals surface area contributed by atoms with Crippen molar-refractivity contribution in [3.05, 3.63) is 179 Å². The summed E-state index contributed by atoms with van der Waals surface area (Å²) in [4.78, 5) is 0. The van der Waals surface area contributed by atoms with Gasteiger partial charge in [-0.1, -0.05) is 139 Å². The summed E-state index contributed by atoms with van der Waals surface area (Å²) in [6.07, 6.45) is 0. The Kier molecular flexibility index (Phi) is 8.66. The average molecular weight is 855 g/mol. The normalized spacial score (nSPS) is 12.7. The highest BCUT2D eigenvalue weighted by molar-refractivity contribution is 6.38. The molecule has 66 heavy (non-hydrogen) atoms. The van der Waals surface area contributed by atoms with Crippen molar-refractivity contribution in [2.45, 2.75) is 80.1 Å². The van der Waals surface area contributed by atoms with Gasteiger partial charge in [-0.3, -0.25) is 0 Å². The van der Waals surface area contributed by atoms with E-state index in [-0.39, 0.29) is 10.8 Å². The van der Waals surface area contributed by atoms with Gasteiger partial charge in [0.25, 0.3) is 0 Å². The number of rotatable bonds is 4. The van der Waals surface area contributed by atoms with E-state index in [2.05, 4.69) is 215 Å². The monoisotopic (exact) mass is 854 g/mol. The predicted molar refractivity (Wildman–Crippen MR) is 283 cm³/mol. The molecule has 2 heterocycles. The molecule has 0 saturated heterocycles. The Morgan fingerprint density at radius 3 is 1.02 bits per heavy atom. The van der Waals surface area contributed by atoms with Gasteiger partial charge in [-0.25, -0.2) is 0 Å². The Morgan fingerprint density at radius 1 is 0.318 bits per heavy atom. The second kappa shape index (κ2) is 14.2. The van der Waals surface area contributed by atoms with Crippen LogP contribution in [0.1, 0.15) is 74.9 Å². The van der Waals surface area contributed by atoms with E-state index in [1.165, 1.54) is 88.3 Å². The average Bonchev–Trinajstić information content (AvgIpc) is 3.85. The van der Waals surface area contributed by atoms with E-state index in [0.29, 0.717) is 0 Å². The van der Waals surface area contributed by atoms with E-state index in [4.69, 9.17) is 8.83 Å². The van der Waals surface area contributed by atoms with Crippen molar-refractivity contribution in [2.75, 3.05) is 0 Å². The molecule has 12 aromatic rings. The van der Waals surface area contributed by atoms with Crippen molar-refractivity contribution in [2.24, 2.45) is 0 Å². The molecular weight excluding hydrogens is 801 g/mol. The summed E-state index contributed by atoms with van der Waals surface area (Å²) in [6, 6.07) is 54.6. The number of hydrogen-bond donors (Lipinski definition) is 0. The number of benzene rings is 10. The maximum absolute atomic E-state index is 7.19. The number of furan rings is 2. The first kappa shape index (κ1) is 40.4. The van der Waals surface area contributed by atoms with Gasteiger partial charge in [0.2, 0.25) is 0 Å². The van der Waals surface area contributed by atoms with Crippen LogP contribution in [0.2, 0.25) is 0 Å². The van der Waals surface area contributed by atoms with Gasteiger partial charge in [-0.05, 0) is 176 Å². The summed E-state index contributed by atoms with van der Waals surface area (Å²) in [5.41, 5.74) is 21.1. The second-order valence-electron chi connectivity index (χ2n) is 21.1. The quantitative estimate of drug-likeness (QED) is 0.165. The molecule has 322 valence electrons. The standard InChI is InChI=1S/C64H54O2/c1-35-13-11-14-36(2)57(35)47-33-53-60-50(32-52-46-28-22-42(30-56(46)65-61(52)53)40-19-25-44(26-20-40)64(8,9)10)48(58-37(3)15-12-16-38(58)4)34-54-59(60)49(47)31-51-45-27-21-41(29-55(45)66-62(51)54)39-17-23-43(24-18-39)63(5,6)7/h11-34H,1-10H3. The number of fused-ring (bicyclic) bond motifs is 8. The lowest BCUT2D eigenvalue weighted by Gasteiger charge is -2.21. The Bertz CT molecular complexity index is 3650. The van der Waals surface area contributed by atoms with Crippen molar-refractivity contribution in [1.29, 1.82) is 0 Å². The zero-order chi connectivity index (χ0) is 45.6. The fourth-order valence-corrected chi connectivity index (χ4v) is 11.1. The maximum atomic E-state index is 7.19. The molecule has 0 N–H and O–H groups in total. The summed E-state index contributed by atoms with van der Waals surface area (Å²) in [5.74, 6) is 0. The van der Waals surface area contributed by atoms with Crippen molar-refractivity contribution >= 4 is 76.2 Å². The Balaban J connectivity index is 1.20. The molecule has 10 aromatic carbocycles. The van der Waals surface area contributed by atoms with Crippen LogP contribution in [0.5, 0.6) is 0 Å². The van der Waals surface area contributed by atoms with Gasteiger partial charge >= 0.3 is 0 Å². The van der Waals surface area contributed by atoms with E-state index in [1.54, 1.807) is 0 Å². The van der Waals surface area contributed by atoms with Crippen LogP contribution >= 0.6 is 0 Å². The lowest BCUT2D eigenvalue weighted by atomic mass is 9.81. The van der Waals surface area contributed by atoms with Crippen LogP contribution in [0, 0.1) is 27.7 Å². The molecule has 0 fully saturated rings. The third-order valence-electron chi connectivity index (χ3n) is 14.7. The van der Waals surface area contributed by atoms with E-state index >= 15 is 0 Å². The second-order valence-corrected chi connectivity index (χ2v) is 21.1. The maximum Gasteiger partial charge on any atom is 0.143 e. The Labute approximate surface area is 386 Å². The van der Waals surface area contributed by atoms with Crippen LogP contribution < -0.4 is 0 Å². The van der Waals surface area contributed by atoms with Crippen LogP contribution in [-0.2, 0) is 10.8 Å². The molecule has 2 nitrogen and oxygen atoms in total. The fourth-order valence-electron chi connectivity index (χ4n) is 11.1. The minimum absolute atomic E-state index is 0.0899. The molecule has 12 rings (SSSR count). The molecule has 0 amide bonds. The molecular formula is C64H54O2. The van der Waals surface area contributed by atoms with Crippen LogP contribution in [0.4, 0.5) is 0 Å². The van der Waals surface area contributed by atoms with Crippen molar-refractivity contribution < 1.29 is 8.83 Å². The van der Waals surface area contributed by atoms with Gasteiger partial charge in [0.05, 0.1) is 0 Å². The highest BCUT2D eigenvalue weighted by Gasteiger charge is 2.27. The molecule has 0 bridgehead atoms. The first-order chi connectivity index (χ1) is 31.6. The van der Waals surface area contributed by atoms with Crippen LogP contribution in [0.25, 0.3) is 121 Å². The third kappa shape index (κ3) is 6.07. The van der Waals surface area contributed by atoms with Gasteiger partial charge in [-0.2, -0.15) is 0 Å². The molecule has 0 spiro atoms. The van der Waals surface area contributed by atoms with E-state index in [9.17, 15) is 0 Å². The van der Waals surface area contributed by atoms with E-state index < -0.39 is 0 Å². The summed E-state index contributed by atoms with van der Waals surface area (Å²) in [5, 5.41) is 11.6. The minimum atomic E-state index is 0.0899. The summed E-state index contributed by atoms with van der Waals surface area (Å²) < 4.78 is 14.4. The third-order valence-corrected chi connectivity index (χ3v) is 14.7. The predicted octanol–water partition coefficient (Wildman–Crippen LogP) is 18.9. The molecule has 0 aliphatic heterocycles. The lowest BCUT2D eigenvalue weighted by molar-refractivity contribution is 0.590. The van der Waals surface area contributed by atoms with Gasteiger partial charge in [-0.15, -0.1) is 0 Å². The molecule has 0 aliphatic carbocycles. The van der Waals surface area contributed by atoms with Gasteiger partial charge in [0.1, 0.15) is 22.3 Å². The van der Waals surface area contributed by atoms with Crippen LogP contribution in [0.3, 0.4) is 0 Å². The molecule has 0 saturated carbocycles.